The van der Waals surface area contributed by atoms with E-state index in [9.17, 15) is 45.5 Å². The van der Waals surface area contributed by atoms with Crippen LogP contribution in [0, 0.1) is 0 Å². The second-order valence-corrected chi connectivity index (χ2v) is 24.2. The molecule has 0 aliphatic carbocycles. The predicted octanol–water partition coefficient (Wildman–Crippen LogP) is 13.0. The second kappa shape index (κ2) is 26.5. The molecule has 18 nitrogen and oxygen atoms in total. The Balaban J connectivity index is 0.000000152. The Morgan fingerprint density at radius 3 is 1.29 bits per heavy atom. The standard InChI is InChI=1S/C25H18F3N3O4.C17H13BrF3NO3.C12H24B2O4.C8H5ClN2O/c26-25(27,28)35-18-5-3-4-17(14-18)34-21-12-13-31(24(21)33)16-10-8-15(9-11-16)22-19-6-1-2-7-20(19)23(32)30-29-22;18-11-4-6-12(7-5-11)22-9-8-15(16(22)23)24-13-2-1-3-14(10-13)25-17(19,20)21;1-9(2)10(3,4)16-13(15-9)14-17-11(5,6)12(7,8)18-14;9-7-5-3-1-2-4-6(5)8(12)11-10-7/h1-11,14,21H,12-13H2,(H,30,32);1-7,10,15H,8-9H2;1-8H3;1-4H,(H,11,12). The molecular weight excluding hydrogens is 1270 g/mol. The molecule has 6 heterocycles. The Morgan fingerprint density at radius 1 is 0.511 bits per heavy atom. The van der Waals surface area contributed by atoms with Crippen molar-refractivity contribution in [3.63, 3.8) is 0 Å². The van der Waals surface area contributed by atoms with Gasteiger partial charge in [-0.05, 0) is 128 Å². The molecular formula is C62H60B2BrClF6N6O12. The van der Waals surface area contributed by atoms with Crippen LogP contribution in [0.25, 0.3) is 32.8 Å². The van der Waals surface area contributed by atoms with Gasteiger partial charge in [-0.15, -0.1) is 26.3 Å². The fourth-order valence-electron chi connectivity index (χ4n) is 9.69. The molecule has 0 radical (unpaired) electrons. The summed E-state index contributed by atoms with van der Waals surface area (Å²) in [6.07, 6.45) is -10.4. The quantitative estimate of drug-likeness (QED) is 0.0965. The van der Waals surface area contributed by atoms with Gasteiger partial charge in [-0.25, -0.2) is 10.2 Å². The molecule has 12 rings (SSSR count). The van der Waals surface area contributed by atoms with Crippen molar-refractivity contribution in [2.75, 3.05) is 22.9 Å². The summed E-state index contributed by atoms with van der Waals surface area (Å²) in [6, 6.07) is 38.9. The largest absolute Gasteiger partial charge is 0.573 e. The van der Waals surface area contributed by atoms with Crippen LogP contribution >= 0.6 is 27.5 Å². The van der Waals surface area contributed by atoms with Crippen LogP contribution < -0.4 is 39.9 Å². The molecule has 2 aromatic heterocycles. The van der Waals surface area contributed by atoms with Gasteiger partial charge in [0.25, 0.3) is 22.9 Å². The molecule has 8 aromatic rings. The molecule has 2 N–H and O–H groups in total. The summed E-state index contributed by atoms with van der Waals surface area (Å²) in [5.74, 6) is -1.08. The first-order chi connectivity index (χ1) is 42.3. The van der Waals surface area contributed by atoms with Crippen LogP contribution in [-0.2, 0) is 28.2 Å². The minimum atomic E-state index is -4.82. The second-order valence-electron chi connectivity index (χ2n) is 22.9. The zero-order valence-corrected chi connectivity index (χ0v) is 52.0. The first-order valence-corrected chi connectivity index (χ1v) is 29.3. The van der Waals surface area contributed by atoms with E-state index in [1.807, 2.05) is 110 Å². The number of ether oxygens (including phenoxy) is 4. The average molecular weight is 1330 g/mol. The van der Waals surface area contributed by atoms with Crippen LogP contribution in [-0.4, -0.2) is 107 Å². The highest BCUT2D eigenvalue weighted by Gasteiger charge is 2.63. The maximum absolute atomic E-state index is 12.9. The molecule has 0 saturated carbocycles. The van der Waals surface area contributed by atoms with Gasteiger partial charge in [0.1, 0.15) is 23.0 Å². The fraction of sp³-hybridized carbons (Fsp3) is 0.323. The van der Waals surface area contributed by atoms with Crippen LogP contribution in [0.5, 0.6) is 23.0 Å². The predicted molar refractivity (Wildman–Crippen MR) is 331 cm³/mol. The summed E-state index contributed by atoms with van der Waals surface area (Å²) in [4.78, 5) is 51.8. The summed E-state index contributed by atoms with van der Waals surface area (Å²) in [7, 11) is -0.952. The van der Waals surface area contributed by atoms with Crippen LogP contribution in [0.3, 0.4) is 0 Å². The van der Waals surface area contributed by atoms with Gasteiger partial charge in [-0.3, -0.25) is 19.2 Å². The Morgan fingerprint density at radius 2 is 0.878 bits per heavy atom. The maximum atomic E-state index is 12.9. The van der Waals surface area contributed by atoms with Gasteiger partial charge in [0.2, 0.25) is 0 Å². The molecule has 4 aliphatic rings. The topological polar surface area (TPSA) is 206 Å². The number of anilines is 2. The third kappa shape index (κ3) is 15.8. The minimum absolute atomic E-state index is 0.110. The lowest BCUT2D eigenvalue weighted by atomic mass is 9.49. The number of carbonyl (C=O) groups is 2. The first kappa shape index (κ1) is 66.5. The van der Waals surface area contributed by atoms with E-state index >= 15 is 0 Å². The normalized spacial score (nSPS) is 18.9. The van der Waals surface area contributed by atoms with E-state index in [2.05, 4.69) is 45.8 Å². The van der Waals surface area contributed by atoms with Gasteiger partial charge in [-0.2, -0.15) is 10.2 Å². The molecule has 4 saturated heterocycles. The van der Waals surface area contributed by atoms with Crippen LogP contribution in [0.4, 0.5) is 37.7 Å². The molecule has 28 heteroatoms. The highest BCUT2D eigenvalue weighted by atomic mass is 79.9. The molecule has 6 aromatic carbocycles. The number of hydrogen-bond acceptors (Lipinski definition) is 14. The highest BCUT2D eigenvalue weighted by molar-refractivity contribution is 9.10. The number of carbonyl (C=O) groups excluding carboxylic acids is 2. The lowest BCUT2D eigenvalue weighted by Gasteiger charge is -2.32. The fourth-order valence-corrected chi connectivity index (χ4v) is 10.2. The number of H-pyrrole nitrogens is 2. The van der Waals surface area contributed by atoms with E-state index in [4.69, 9.17) is 39.7 Å². The Kier molecular flexibility index (Phi) is 19.6. The van der Waals surface area contributed by atoms with Crippen molar-refractivity contribution in [3.05, 3.63) is 176 Å². The molecule has 0 spiro atoms. The van der Waals surface area contributed by atoms with Crippen molar-refractivity contribution in [1.29, 1.82) is 0 Å². The minimum Gasteiger partial charge on any atom is -0.480 e. The first-order valence-electron chi connectivity index (χ1n) is 28.1. The number of amides is 2. The van der Waals surface area contributed by atoms with E-state index in [1.54, 1.807) is 52.3 Å². The van der Waals surface area contributed by atoms with E-state index in [0.29, 0.717) is 64.0 Å². The van der Waals surface area contributed by atoms with E-state index < -0.39 is 44.7 Å². The molecule has 472 valence electrons. The van der Waals surface area contributed by atoms with Crippen molar-refractivity contribution in [3.8, 4) is 34.3 Å². The van der Waals surface area contributed by atoms with Crippen LogP contribution in [0.2, 0.25) is 5.15 Å². The summed E-state index contributed by atoms with van der Waals surface area (Å²) in [5.41, 5.74) is 0.843. The van der Waals surface area contributed by atoms with Gasteiger partial charge in [0, 0.05) is 70.2 Å². The number of rotatable bonds is 10. The van der Waals surface area contributed by atoms with Crippen LogP contribution in [0.1, 0.15) is 68.2 Å². The van der Waals surface area contributed by atoms with Gasteiger partial charge >= 0.3 is 26.7 Å². The summed E-state index contributed by atoms with van der Waals surface area (Å²) in [5, 5.41) is 15.5. The van der Waals surface area contributed by atoms with Crippen molar-refractivity contribution in [2.45, 2.75) is 116 Å². The number of nitrogens with one attached hydrogen (secondary N) is 2. The molecule has 0 bridgehead atoms. The van der Waals surface area contributed by atoms with Gasteiger partial charge in [0.05, 0.1) is 38.9 Å². The number of alkyl halides is 6. The Labute approximate surface area is 526 Å². The molecule has 4 aliphatic heterocycles. The van der Waals surface area contributed by atoms with Crippen molar-refractivity contribution < 1.29 is 73.5 Å². The number of benzene rings is 6. The number of aromatic nitrogens is 4. The van der Waals surface area contributed by atoms with E-state index in [1.165, 1.54) is 30.3 Å². The molecule has 90 heavy (non-hydrogen) atoms. The van der Waals surface area contributed by atoms with Gasteiger partial charge < -0.3 is 47.4 Å². The zero-order chi connectivity index (χ0) is 65.1. The number of hydrogen-bond donors (Lipinski definition) is 2. The summed E-state index contributed by atoms with van der Waals surface area (Å²) < 4.78 is 118. The average Bonchev–Trinajstić information content (AvgIpc) is 1.68. The number of halogens is 8. The third-order valence-electron chi connectivity index (χ3n) is 15.6. The highest BCUT2D eigenvalue weighted by Crippen LogP contribution is 2.43. The molecule has 2 atom stereocenters. The third-order valence-corrected chi connectivity index (χ3v) is 16.5. The van der Waals surface area contributed by atoms with Crippen molar-refractivity contribution >= 4 is 86.3 Å². The number of aromatic amines is 2. The maximum Gasteiger partial charge on any atom is 0.573 e. The summed E-state index contributed by atoms with van der Waals surface area (Å²) >= 11 is 9.08. The van der Waals surface area contributed by atoms with E-state index in [0.717, 1.165) is 33.9 Å². The van der Waals surface area contributed by atoms with Crippen molar-refractivity contribution in [2.24, 2.45) is 0 Å². The molecule has 2 amide bonds. The Bertz CT molecular complexity index is 3950. The summed E-state index contributed by atoms with van der Waals surface area (Å²) in [6.45, 7) is 17.1. The monoisotopic (exact) mass is 1330 g/mol. The van der Waals surface area contributed by atoms with Gasteiger partial charge in [-0.1, -0.05) is 88.2 Å². The zero-order valence-electron chi connectivity index (χ0n) is 49.7. The number of fused-ring (bicyclic) bond motifs is 2. The smallest absolute Gasteiger partial charge is 0.480 e. The number of nitrogens with zero attached hydrogens (tertiary/aromatic N) is 4. The SMILES string of the molecule is CC1(C)OB(B2OC(C)(C)C(C)(C)O2)OC1(C)C.O=C1C(Oc2cccc(OC(F)(F)F)c2)CCN1c1ccc(-c2n[nH]c(=O)c3ccccc23)cc1.O=C1C(Oc2cccc(OC(F)(F)F)c2)CCN1c1ccc(Br)cc1.O=c1[nH]nc(Cl)c2ccccc12. The van der Waals surface area contributed by atoms with Crippen LogP contribution in [0.15, 0.2) is 160 Å². The van der Waals surface area contributed by atoms with Crippen molar-refractivity contribution in [1.82, 2.24) is 20.4 Å². The Hall–Kier alpha value is -7.94. The van der Waals surface area contributed by atoms with Gasteiger partial charge in [0.15, 0.2) is 17.4 Å². The lowest BCUT2D eigenvalue weighted by Crippen LogP contribution is -2.41. The molecule has 4 fully saturated rings. The lowest BCUT2D eigenvalue weighted by molar-refractivity contribution is -0.275. The molecule has 2 unspecified atom stereocenters. The van der Waals surface area contributed by atoms with E-state index in [-0.39, 0.29) is 62.6 Å².